The van der Waals surface area contributed by atoms with Crippen molar-refractivity contribution in [3.05, 3.63) is 59.9 Å². The summed E-state index contributed by atoms with van der Waals surface area (Å²) in [6, 6.07) is 7.98. The minimum absolute atomic E-state index is 0.0193. The van der Waals surface area contributed by atoms with Crippen molar-refractivity contribution in [1.29, 1.82) is 0 Å². The highest BCUT2D eigenvalue weighted by molar-refractivity contribution is 5.47. The molecule has 1 saturated heterocycles. The molecule has 0 radical (unpaired) electrons. The Morgan fingerprint density at radius 2 is 2.00 bits per heavy atom. The molecule has 4 rings (SSSR count). The van der Waals surface area contributed by atoms with Gasteiger partial charge in [0, 0.05) is 50.2 Å². The third kappa shape index (κ3) is 3.43. The molecule has 7 heteroatoms. The number of hydrogen-bond donors (Lipinski definition) is 1. The minimum Gasteiger partial charge on any atom is -0.482 e. The van der Waals surface area contributed by atoms with Crippen LogP contribution in [0.1, 0.15) is 5.56 Å². The van der Waals surface area contributed by atoms with Crippen molar-refractivity contribution in [2.75, 3.05) is 37.7 Å². The third-order valence-corrected chi connectivity index (χ3v) is 4.49. The molecular formula is C19H20FN3O3. The Kier molecular flexibility index (Phi) is 4.62. The molecule has 0 spiro atoms. The van der Waals surface area contributed by atoms with E-state index in [-0.39, 0.29) is 12.4 Å². The van der Waals surface area contributed by atoms with E-state index in [0.717, 1.165) is 37.6 Å². The number of nitrogens with zero attached hydrogens (tertiary/aromatic N) is 3. The van der Waals surface area contributed by atoms with Gasteiger partial charge in [-0.25, -0.2) is 9.37 Å². The summed E-state index contributed by atoms with van der Waals surface area (Å²) < 4.78 is 24.7. The molecular weight excluding hydrogens is 337 g/mol. The molecule has 26 heavy (non-hydrogen) atoms. The zero-order valence-electron chi connectivity index (χ0n) is 14.3. The number of fused-ring (bicyclic) bond motifs is 1. The summed E-state index contributed by atoms with van der Waals surface area (Å²) in [6.07, 6.45) is 3.67. The average Bonchev–Trinajstić information content (AvgIpc) is 2.68. The van der Waals surface area contributed by atoms with Gasteiger partial charge in [0.05, 0.1) is 6.61 Å². The topological polar surface area (TPSA) is 58.1 Å². The second-order valence-electron chi connectivity index (χ2n) is 6.24. The van der Waals surface area contributed by atoms with Gasteiger partial charge in [0.1, 0.15) is 18.2 Å². The molecule has 1 N–H and O–H groups in total. The van der Waals surface area contributed by atoms with Crippen molar-refractivity contribution in [2.45, 2.75) is 6.61 Å². The summed E-state index contributed by atoms with van der Waals surface area (Å²) in [5.74, 6) is 2.11. The van der Waals surface area contributed by atoms with Crippen LogP contribution in [0.2, 0.25) is 0 Å². The number of benzene rings is 1. The first-order chi connectivity index (χ1) is 12.7. The van der Waals surface area contributed by atoms with E-state index in [9.17, 15) is 9.50 Å². The fraction of sp³-hybridized carbons (Fsp3) is 0.316. The molecule has 136 valence electrons. The number of piperazine rings is 1. The lowest BCUT2D eigenvalue weighted by molar-refractivity contribution is 0.219. The van der Waals surface area contributed by atoms with Gasteiger partial charge in [-0.15, -0.1) is 0 Å². The van der Waals surface area contributed by atoms with Crippen LogP contribution in [0, 0.1) is 5.82 Å². The highest BCUT2D eigenvalue weighted by Gasteiger charge is 2.21. The molecule has 2 aliphatic heterocycles. The lowest BCUT2D eigenvalue weighted by Gasteiger charge is -2.36. The zero-order chi connectivity index (χ0) is 17.9. The van der Waals surface area contributed by atoms with Crippen LogP contribution in [0.15, 0.2) is 48.5 Å². The Bertz CT molecular complexity index is 819. The molecule has 0 unspecified atom stereocenters. The van der Waals surface area contributed by atoms with E-state index in [1.54, 1.807) is 12.3 Å². The van der Waals surface area contributed by atoms with Gasteiger partial charge in [-0.05, 0) is 18.2 Å². The van der Waals surface area contributed by atoms with Crippen molar-refractivity contribution in [3.8, 4) is 11.5 Å². The number of halogens is 1. The van der Waals surface area contributed by atoms with Gasteiger partial charge in [-0.3, -0.25) is 0 Å². The SMILES string of the molecule is OCc1cccnc1N1CCN(/C=C2/COc3ccc(F)cc3O2)CC1. The van der Waals surface area contributed by atoms with Crippen molar-refractivity contribution in [3.63, 3.8) is 0 Å². The molecule has 1 fully saturated rings. The second kappa shape index (κ2) is 7.21. The monoisotopic (exact) mass is 357 g/mol. The Labute approximate surface area is 151 Å². The van der Waals surface area contributed by atoms with E-state index in [1.807, 2.05) is 18.3 Å². The van der Waals surface area contributed by atoms with Crippen LogP contribution in [0.25, 0.3) is 0 Å². The van der Waals surface area contributed by atoms with Gasteiger partial charge in [0.2, 0.25) is 0 Å². The van der Waals surface area contributed by atoms with Gasteiger partial charge < -0.3 is 24.4 Å². The van der Waals surface area contributed by atoms with Gasteiger partial charge in [0.15, 0.2) is 17.3 Å². The first-order valence-corrected chi connectivity index (χ1v) is 8.57. The summed E-state index contributed by atoms with van der Waals surface area (Å²) >= 11 is 0. The minimum atomic E-state index is -0.350. The van der Waals surface area contributed by atoms with Crippen molar-refractivity contribution < 1.29 is 19.0 Å². The number of aliphatic hydroxyl groups excluding tert-OH is 1. The van der Waals surface area contributed by atoms with Crippen molar-refractivity contribution >= 4 is 5.82 Å². The summed E-state index contributed by atoms with van der Waals surface area (Å²) in [4.78, 5) is 8.72. The van der Waals surface area contributed by atoms with E-state index in [1.165, 1.54) is 12.1 Å². The molecule has 0 amide bonds. The number of anilines is 1. The van der Waals surface area contributed by atoms with Crippen molar-refractivity contribution in [2.24, 2.45) is 0 Å². The number of ether oxygens (including phenoxy) is 2. The predicted octanol–water partition coefficient (Wildman–Crippen LogP) is 2.15. The van der Waals surface area contributed by atoms with Crippen LogP contribution < -0.4 is 14.4 Å². The summed E-state index contributed by atoms with van der Waals surface area (Å²) in [7, 11) is 0. The number of hydrogen-bond acceptors (Lipinski definition) is 6. The van der Waals surface area contributed by atoms with E-state index in [4.69, 9.17) is 9.47 Å². The third-order valence-electron chi connectivity index (χ3n) is 4.49. The van der Waals surface area contributed by atoms with Crippen LogP contribution in [0.5, 0.6) is 11.5 Å². The Morgan fingerprint density at radius 1 is 1.15 bits per heavy atom. The summed E-state index contributed by atoms with van der Waals surface area (Å²) in [6.45, 7) is 3.48. The maximum atomic E-state index is 13.4. The number of aliphatic hydroxyl groups is 1. The Morgan fingerprint density at radius 3 is 2.81 bits per heavy atom. The Balaban J connectivity index is 1.40. The first-order valence-electron chi connectivity index (χ1n) is 8.57. The maximum Gasteiger partial charge on any atom is 0.172 e. The molecule has 0 aliphatic carbocycles. The van der Waals surface area contributed by atoms with Crippen molar-refractivity contribution in [1.82, 2.24) is 9.88 Å². The van der Waals surface area contributed by atoms with E-state index < -0.39 is 0 Å². The smallest absolute Gasteiger partial charge is 0.172 e. The highest BCUT2D eigenvalue weighted by atomic mass is 19.1. The molecule has 2 aliphatic rings. The normalized spacial score (nSPS) is 18.3. The maximum absolute atomic E-state index is 13.4. The number of aromatic nitrogens is 1. The molecule has 0 atom stereocenters. The van der Waals surface area contributed by atoms with E-state index in [0.29, 0.717) is 23.9 Å². The van der Waals surface area contributed by atoms with Gasteiger partial charge in [0.25, 0.3) is 0 Å². The van der Waals surface area contributed by atoms with Crippen LogP contribution in [0.3, 0.4) is 0 Å². The average molecular weight is 357 g/mol. The summed E-state index contributed by atoms with van der Waals surface area (Å²) in [5.41, 5.74) is 0.835. The lowest BCUT2D eigenvalue weighted by atomic mass is 10.2. The predicted molar refractivity (Wildman–Crippen MR) is 94.6 cm³/mol. The van der Waals surface area contributed by atoms with Gasteiger partial charge in [-0.2, -0.15) is 0 Å². The number of rotatable bonds is 3. The largest absolute Gasteiger partial charge is 0.482 e. The van der Waals surface area contributed by atoms with Crippen LogP contribution in [0.4, 0.5) is 10.2 Å². The Hall–Kier alpha value is -2.80. The molecule has 6 nitrogen and oxygen atoms in total. The molecule has 3 heterocycles. The fourth-order valence-electron chi connectivity index (χ4n) is 3.17. The second-order valence-corrected chi connectivity index (χ2v) is 6.24. The fourth-order valence-corrected chi connectivity index (χ4v) is 3.17. The highest BCUT2D eigenvalue weighted by Crippen LogP contribution is 2.33. The number of pyridine rings is 1. The van der Waals surface area contributed by atoms with Crippen LogP contribution in [-0.4, -0.2) is 47.8 Å². The molecule has 1 aromatic carbocycles. The van der Waals surface area contributed by atoms with E-state index in [2.05, 4.69) is 14.8 Å². The van der Waals surface area contributed by atoms with Crippen LogP contribution >= 0.6 is 0 Å². The van der Waals surface area contributed by atoms with Gasteiger partial charge in [-0.1, -0.05) is 6.07 Å². The molecule has 0 saturated carbocycles. The molecule has 2 aromatic rings. The quantitative estimate of drug-likeness (QED) is 0.908. The molecule has 0 bridgehead atoms. The van der Waals surface area contributed by atoms with Gasteiger partial charge >= 0.3 is 0 Å². The lowest BCUT2D eigenvalue weighted by Crippen LogP contribution is -2.45. The first kappa shape index (κ1) is 16.7. The molecule has 1 aromatic heterocycles. The van der Waals surface area contributed by atoms with E-state index >= 15 is 0 Å². The summed E-state index contributed by atoms with van der Waals surface area (Å²) in [5, 5.41) is 9.47. The van der Waals surface area contributed by atoms with Crippen LogP contribution in [-0.2, 0) is 6.61 Å². The zero-order valence-corrected chi connectivity index (χ0v) is 14.3. The standard InChI is InChI=1S/C19H20FN3O3/c20-15-3-4-17-18(10-15)26-16(13-25-17)11-22-6-8-23(9-7-22)19-14(12-24)2-1-5-21-19/h1-5,10-11,24H,6-9,12-13H2/b16-11-.